The van der Waals surface area contributed by atoms with E-state index in [2.05, 4.69) is 43.5 Å². The second-order valence-electron chi connectivity index (χ2n) is 20.3. The van der Waals surface area contributed by atoms with Crippen LogP contribution < -0.4 is 5.32 Å². The fraction of sp³-hybridized carbons (Fsp3) is 0.875. The molecule has 9 heteroatoms. The van der Waals surface area contributed by atoms with Gasteiger partial charge in [0, 0.05) is 6.42 Å². The van der Waals surface area contributed by atoms with E-state index < -0.39 is 20.0 Å². The molecule has 3 atom stereocenters. The Morgan fingerprint density at radius 3 is 1.23 bits per heavy atom. The highest BCUT2D eigenvalue weighted by atomic mass is 31.2. The van der Waals surface area contributed by atoms with Crippen LogP contribution in [0.2, 0.25) is 0 Å². The summed E-state index contributed by atoms with van der Waals surface area (Å²) in [5.41, 5.74) is 0. The van der Waals surface area contributed by atoms with Crippen molar-refractivity contribution >= 4 is 13.7 Å². The molecular weight excluding hydrogens is 828 g/mol. The lowest BCUT2D eigenvalue weighted by Crippen LogP contribution is -2.45. The number of quaternary nitrogens is 1. The molecule has 0 aromatic rings. The Labute approximate surface area is 404 Å². The third kappa shape index (κ3) is 50.4. The van der Waals surface area contributed by atoms with Gasteiger partial charge in [0.05, 0.1) is 39.9 Å². The van der Waals surface area contributed by atoms with Crippen LogP contribution in [0.4, 0.5) is 0 Å². The molecule has 3 N–H and O–H groups in total. The molecule has 3 unspecified atom stereocenters. The van der Waals surface area contributed by atoms with E-state index in [1.165, 1.54) is 205 Å². The van der Waals surface area contributed by atoms with E-state index >= 15 is 0 Å². The first kappa shape index (κ1) is 63.7. The molecule has 1 amide bonds. The molecule has 0 fully saturated rings. The minimum atomic E-state index is -4.35. The quantitative estimate of drug-likeness (QED) is 0.0243. The first-order chi connectivity index (χ1) is 31.5. The summed E-state index contributed by atoms with van der Waals surface area (Å²) in [5, 5.41) is 13.9. The molecule has 0 bridgehead atoms. The molecule has 0 aliphatic rings. The van der Waals surface area contributed by atoms with Crippen LogP contribution in [-0.2, 0) is 18.4 Å². The maximum atomic E-state index is 12.9. The van der Waals surface area contributed by atoms with Gasteiger partial charge in [-0.3, -0.25) is 13.8 Å². The molecule has 0 aliphatic carbocycles. The summed E-state index contributed by atoms with van der Waals surface area (Å²) in [7, 11) is 1.56. The van der Waals surface area contributed by atoms with Crippen LogP contribution in [0.3, 0.4) is 0 Å². The van der Waals surface area contributed by atoms with Crippen molar-refractivity contribution in [3.8, 4) is 0 Å². The lowest BCUT2D eigenvalue weighted by Gasteiger charge is -2.25. The van der Waals surface area contributed by atoms with Gasteiger partial charge in [-0.05, 0) is 57.8 Å². The number of amides is 1. The third-order valence-corrected chi connectivity index (χ3v) is 13.6. The Bertz CT molecular complexity index is 1150. The van der Waals surface area contributed by atoms with E-state index in [1.807, 2.05) is 27.2 Å². The second kappa shape index (κ2) is 47.8. The number of nitrogens with zero attached hydrogens (tertiary/aromatic N) is 1. The first-order valence-electron chi connectivity index (χ1n) is 27.9. The number of phosphoric ester groups is 1. The molecule has 0 aliphatic heterocycles. The number of unbranched alkanes of at least 4 members (excludes halogenated alkanes) is 34. The van der Waals surface area contributed by atoms with Crippen LogP contribution in [0.5, 0.6) is 0 Å². The number of carbonyl (C=O) groups excluding carboxylic acids is 1. The molecule has 0 aromatic carbocycles. The summed E-state index contributed by atoms with van der Waals surface area (Å²) >= 11 is 0. The Morgan fingerprint density at radius 2 is 0.846 bits per heavy atom. The van der Waals surface area contributed by atoms with Gasteiger partial charge in [-0.2, -0.15) is 0 Å². The highest BCUT2D eigenvalue weighted by molar-refractivity contribution is 7.47. The normalized spacial score (nSPS) is 14.3. The Kier molecular flexibility index (Phi) is 46.8. The highest BCUT2D eigenvalue weighted by Gasteiger charge is 2.27. The zero-order valence-corrected chi connectivity index (χ0v) is 44.6. The average Bonchev–Trinajstić information content (AvgIpc) is 3.26. The molecule has 0 aromatic heterocycles. The van der Waals surface area contributed by atoms with Gasteiger partial charge in [-0.1, -0.05) is 237 Å². The van der Waals surface area contributed by atoms with Crippen molar-refractivity contribution in [3.05, 3.63) is 36.5 Å². The number of rotatable bonds is 51. The van der Waals surface area contributed by atoms with Gasteiger partial charge >= 0.3 is 7.82 Å². The van der Waals surface area contributed by atoms with Gasteiger partial charge in [-0.25, -0.2) is 4.57 Å². The lowest BCUT2D eigenvalue weighted by atomic mass is 10.0. The van der Waals surface area contributed by atoms with Crippen molar-refractivity contribution < 1.29 is 32.9 Å². The number of phosphoric acid groups is 1. The summed E-state index contributed by atoms with van der Waals surface area (Å²) in [4.78, 5) is 23.2. The average molecular weight is 938 g/mol. The van der Waals surface area contributed by atoms with Crippen molar-refractivity contribution in [1.29, 1.82) is 0 Å². The summed E-state index contributed by atoms with van der Waals surface area (Å²) < 4.78 is 23.6. The van der Waals surface area contributed by atoms with Gasteiger partial charge in [0.2, 0.25) is 5.91 Å². The maximum absolute atomic E-state index is 12.9. The molecule has 8 nitrogen and oxygen atoms in total. The predicted molar refractivity (Wildman–Crippen MR) is 281 cm³/mol. The molecule has 65 heavy (non-hydrogen) atoms. The molecule has 0 heterocycles. The number of aliphatic hydroxyl groups is 1. The molecular formula is C56H110N2O6P+. The standard InChI is InChI=1S/C56H109N2O6P/c1-6-8-10-12-14-16-18-20-22-23-24-25-26-27-28-29-30-31-32-33-34-35-36-38-40-42-44-46-48-50-56(60)57-54(53-64-65(61,62)63-52-51-58(3,4)5)55(59)49-47-45-43-41-39-37-21-19-17-15-13-11-9-7-2/h23-24,39,41,47,49,54-55,59H,6-22,25-38,40,42-46,48,50-53H2,1-5H3,(H-,57,60,61,62)/p+1/b24-23-,41-39+,49-47+. The fourth-order valence-corrected chi connectivity index (χ4v) is 8.91. The maximum Gasteiger partial charge on any atom is 0.472 e. The van der Waals surface area contributed by atoms with Crippen LogP contribution in [0.1, 0.15) is 264 Å². The molecule has 384 valence electrons. The first-order valence-corrected chi connectivity index (χ1v) is 29.4. The summed E-state index contributed by atoms with van der Waals surface area (Å²) in [6.07, 6.45) is 61.1. The topological polar surface area (TPSA) is 105 Å². The number of aliphatic hydroxyl groups excluding tert-OH is 1. The van der Waals surface area contributed by atoms with E-state index in [0.717, 1.165) is 38.5 Å². The molecule has 0 radical (unpaired) electrons. The Morgan fingerprint density at radius 1 is 0.508 bits per heavy atom. The monoisotopic (exact) mass is 938 g/mol. The molecule has 0 rings (SSSR count). The lowest BCUT2D eigenvalue weighted by molar-refractivity contribution is -0.870. The van der Waals surface area contributed by atoms with Gasteiger partial charge in [0.25, 0.3) is 0 Å². The largest absolute Gasteiger partial charge is 0.472 e. The smallest absolute Gasteiger partial charge is 0.387 e. The van der Waals surface area contributed by atoms with Crippen LogP contribution in [0.25, 0.3) is 0 Å². The van der Waals surface area contributed by atoms with Crippen molar-refractivity contribution in [2.24, 2.45) is 0 Å². The molecule has 0 spiro atoms. The number of allylic oxidation sites excluding steroid dienone is 5. The minimum Gasteiger partial charge on any atom is -0.387 e. The SMILES string of the molecule is CCCCCCCCCC/C=C\CCCCCCCCCCCCCCCCCCCC(=O)NC(COP(=O)(O)OCC[N+](C)(C)C)C(O)/C=C/CC/C=C/CCCCCCCCCC. The number of hydrogen-bond acceptors (Lipinski definition) is 5. The Balaban J connectivity index is 4.11. The predicted octanol–water partition coefficient (Wildman–Crippen LogP) is 16.6. The van der Waals surface area contributed by atoms with Crippen LogP contribution in [0, 0.1) is 0 Å². The van der Waals surface area contributed by atoms with E-state index in [-0.39, 0.29) is 19.1 Å². The van der Waals surface area contributed by atoms with Crippen molar-refractivity contribution in [1.82, 2.24) is 5.32 Å². The van der Waals surface area contributed by atoms with E-state index in [1.54, 1.807) is 6.08 Å². The van der Waals surface area contributed by atoms with E-state index in [4.69, 9.17) is 9.05 Å². The minimum absolute atomic E-state index is 0.0573. The van der Waals surface area contributed by atoms with Crippen molar-refractivity contribution in [2.45, 2.75) is 276 Å². The summed E-state index contributed by atoms with van der Waals surface area (Å²) in [6, 6.07) is -0.861. The van der Waals surface area contributed by atoms with Crippen LogP contribution in [-0.4, -0.2) is 73.4 Å². The highest BCUT2D eigenvalue weighted by Crippen LogP contribution is 2.43. The third-order valence-electron chi connectivity index (χ3n) is 12.6. The van der Waals surface area contributed by atoms with Crippen LogP contribution in [0.15, 0.2) is 36.5 Å². The van der Waals surface area contributed by atoms with Gasteiger partial charge < -0.3 is 19.8 Å². The number of carbonyl (C=O) groups is 1. The van der Waals surface area contributed by atoms with Gasteiger partial charge in [-0.15, -0.1) is 0 Å². The second-order valence-corrected chi connectivity index (χ2v) is 21.8. The summed E-state index contributed by atoms with van der Waals surface area (Å²) in [6.45, 7) is 4.81. The van der Waals surface area contributed by atoms with Crippen molar-refractivity contribution in [2.75, 3.05) is 40.9 Å². The van der Waals surface area contributed by atoms with E-state index in [9.17, 15) is 19.4 Å². The van der Waals surface area contributed by atoms with Gasteiger partial charge in [0.1, 0.15) is 13.2 Å². The molecule has 0 saturated heterocycles. The number of nitrogens with one attached hydrogen (secondary N) is 1. The van der Waals surface area contributed by atoms with Gasteiger partial charge in [0.15, 0.2) is 0 Å². The number of hydrogen-bond donors (Lipinski definition) is 3. The van der Waals surface area contributed by atoms with Crippen molar-refractivity contribution in [3.63, 3.8) is 0 Å². The zero-order valence-electron chi connectivity index (χ0n) is 43.7. The number of likely N-dealkylation sites (N-methyl/N-ethyl adjacent to an activating group) is 1. The summed E-state index contributed by atoms with van der Waals surface area (Å²) in [5.74, 6) is -0.184. The van der Waals surface area contributed by atoms with E-state index in [0.29, 0.717) is 17.4 Å². The zero-order chi connectivity index (χ0) is 47.8. The molecule has 0 saturated carbocycles. The van der Waals surface area contributed by atoms with Crippen LogP contribution >= 0.6 is 7.82 Å². The fourth-order valence-electron chi connectivity index (χ4n) is 8.17. The Hall–Kier alpha value is -1.28.